The van der Waals surface area contributed by atoms with Crippen LogP contribution in [0.2, 0.25) is 0 Å². The lowest BCUT2D eigenvalue weighted by molar-refractivity contribution is 0.413. The van der Waals surface area contributed by atoms with E-state index in [0.717, 1.165) is 25.9 Å². The molecule has 0 radical (unpaired) electrons. The van der Waals surface area contributed by atoms with Crippen LogP contribution in [0.25, 0.3) is 0 Å². The second-order valence-electron chi connectivity index (χ2n) is 6.71. The highest BCUT2D eigenvalue weighted by Gasteiger charge is 2.21. The third kappa shape index (κ3) is 3.86. The normalized spacial score (nSPS) is 13.7. The third-order valence-electron chi connectivity index (χ3n) is 4.82. The molecule has 0 saturated heterocycles. The van der Waals surface area contributed by atoms with Gasteiger partial charge in [0.05, 0.1) is 12.0 Å². The van der Waals surface area contributed by atoms with Crippen LogP contribution >= 0.6 is 0 Å². The van der Waals surface area contributed by atoms with Crippen LogP contribution < -0.4 is 14.4 Å². The SMILES string of the molecule is COc1cc(C)c(S(=O)(=O)NCCCN2CCc3ccccc32)c(C)c1. The standard InChI is InChI=1S/C20H26N2O3S/c1-15-13-18(25-3)14-16(2)20(15)26(23,24)21-10-6-11-22-12-9-17-7-4-5-8-19(17)22/h4-5,7-8,13-14,21H,6,9-12H2,1-3H3. The molecule has 6 heteroatoms. The van der Waals surface area contributed by atoms with Gasteiger partial charge < -0.3 is 9.64 Å². The molecule has 0 aliphatic carbocycles. The van der Waals surface area contributed by atoms with Crippen LogP contribution in [0.3, 0.4) is 0 Å². The van der Waals surface area contributed by atoms with E-state index in [1.54, 1.807) is 33.1 Å². The highest BCUT2D eigenvalue weighted by molar-refractivity contribution is 7.89. The van der Waals surface area contributed by atoms with Crippen molar-refractivity contribution in [2.24, 2.45) is 0 Å². The van der Waals surface area contributed by atoms with Crippen molar-refractivity contribution in [3.8, 4) is 5.75 Å². The van der Waals surface area contributed by atoms with Gasteiger partial charge in [0.25, 0.3) is 0 Å². The van der Waals surface area contributed by atoms with Gasteiger partial charge in [0, 0.05) is 25.3 Å². The highest BCUT2D eigenvalue weighted by atomic mass is 32.2. The fraction of sp³-hybridized carbons (Fsp3) is 0.400. The molecule has 0 bridgehead atoms. The second-order valence-corrected chi connectivity index (χ2v) is 8.41. The van der Waals surface area contributed by atoms with Gasteiger partial charge >= 0.3 is 0 Å². The molecule has 1 N–H and O–H groups in total. The predicted octanol–water partition coefficient (Wildman–Crippen LogP) is 3.04. The van der Waals surface area contributed by atoms with Gasteiger partial charge in [-0.2, -0.15) is 0 Å². The lowest BCUT2D eigenvalue weighted by Crippen LogP contribution is -2.30. The summed E-state index contributed by atoms with van der Waals surface area (Å²) in [4.78, 5) is 2.68. The Labute approximate surface area is 156 Å². The number of anilines is 1. The summed E-state index contributed by atoms with van der Waals surface area (Å²) in [6.45, 7) is 5.87. The number of aryl methyl sites for hydroxylation is 2. The number of ether oxygens (including phenoxy) is 1. The summed E-state index contributed by atoms with van der Waals surface area (Å²) in [5, 5.41) is 0. The Hall–Kier alpha value is -2.05. The number of sulfonamides is 1. The van der Waals surface area contributed by atoms with Gasteiger partial charge in [-0.1, -0.05) is 18.2 Å². The summed E-state index contributed by atoms with van der Waals surface area (Å²) in [5.74, 6) is 0.673. The zero-order valence-electron chi connectivity index (χ0n) is 15.6. The van der Waals surface area contributed by atoms with Crippen LogP contribution in [0.1, 0.15) is 23.1 Å². The average molecular weight is 375 g/mol. The van der Waals surface area contributed by atoms with Gasteiger partial charge in [-0.25, -0.2) is 13.1 Å². The number of rotatable bonds is 7. The Kier molecular flexibility index (Phi) is 5.53. The molecule has 1 aliphatic rings. The first kappa shape index (κ1) is 18.7. The van der Waals surface area contributed by atoms with Gasteiger partial charge in [-0.3, -0.25) is 0 Å². The third-order valence-corrected chi connectivity index (χ3v) is 6.58. The Morgan fingerprint density at radius 1 is 1.15 bits per heavy atom. The minimum atomic E-state index is -3.53. The molecule has 26 heavy (non-hydrogen) atoms. The topological polar surface area (TPSA) is 58.6 Å². The van der Waals surface area contributed by atoms with E-state index in [-0.39, 0.29) is 0 Å². The lowest BCUT2D eigenvalue weighted by Gasteiger charge is -2.19. The zero-order chi connectivity index (χ0) is 18.7. The molecule has 0 amide bonds. The fourth-order valence-electron chi connectivity index (χ4n) is 3.64. The average Bonchev–Trinajstić information content (AvgIpc) is 3.01. The Balaban J connectivity index is 1.60. The lowest BCUT2D eigenvalue weighted by atomic mass is 10.1. The summed E-state index contributed by atoms with van der Waals surface area (Å²) in [6, 6.07) is 11.9. The number of fused-ring (bicyclic) bond motifs is 1. The van der Waals surface area contributed by atoms with Crippen LogP contribution in [0.5, 0.6) is 5.75 Å². The first-order valence-electron chi connectivity index (χ1n) is 8.90. The van der Waals surface area contributed by atoms with E-state index >= 15 is 0 Å². The summed E-state index contributed by atoms with van der Waals surface area (Å²) in [5.41, 5.74) is 4.04. The fourth-order valence-corrected chi connectivity index (χ4v) is 5.16. The highest BCUT2D eigenvalue weighted by Crippen LogP contribution is 2.27. The Morgan fingerprint density at radius 2 is 1.85 bits per heavy atom. The van der Waals surface area contributed by atoms with E-state index in [4.69, 9.17) is 4.74 Å². The number of para-hydroxylation sites is 1. The first-order chi connectivity index (χ1) is 12.4. The van der Waals surface area contributed by atoms with Crippen molar-refractivity contribution < 1.29 is 13.2 Å². The molecule has 0 unspecified atom stereocenters. The van der Waals surface area contributed by atoms with E-state index < -0.39 is 10.0 Å². The van der Waals surface area contributed by atoms with Crippen molar-refractivity contribution in [2.45, 2.75) is 31.6 Å². The molecular formula is C20H26N2O3S. The van der Waals surface area contributed by atoms with Crippen LogP contribution in [0.15, 0.2) is 41.3 Å². The van der Waals surface area contributed by atoms with Crippen molar-refractivity contribution in [3.05, 3.63) is 53.1 Å². The smallest absolute Gasteiger partial charge is 0.241 e. The zero-order valence-corrected chi connectivity index (χ0v) is 16.4. The predicted molar refractivity (Wildman–Crippen MR) is 105 cm³/mol. The summed E-state index contributed by atoms with van der Waals surface area (Å²) >= 11 is 0. The number of hydrogen-bond donors (Lipinski definition) is 1. The van der Waals surface area contributed by atoms with E-state index in [2.05, 4.69) is 33.9 Å². The molecule has 1 aliphatic heterocycles. The molecule has 0 fully saturated rings. The second kappa shape index (κ2) is 7.68. The molecule has 0 saturated carbocycles. The molecule has 2 aromatic carbocycles. The van der Waals surface area contributed by atoms with Gasteiger partial charge in [-0.05, 0) is 61.6 Å². The molecule has 0 spiro atoms. The van der Waals surface area contributed by atoms with Gasteiger partial charge in [0.2, 0.25) is 10.0 Å². The number of nitrogens with zero attached hydrogens (tertiary/aromatic N) is 1. The Morgan fingerprint density at radius 3 is 2.54 bits per heavy atom. The molecule has 1 heterocycles. The molecule has 0 aromatic heterocycles. The van der Waals surface area contributed by atoms with E-state index in [1.165, 1.54) is 11.3 Å². The number of benzene rings is 2. The van der Waals surface area contributed by atoms with Crippen LogP contribution in [0, 0.1) is 13.8 Å². The quantitative estimate of drug-likeness (QED) is 0.757. The van der Waals surface area contributed by atoms with E-state index in [9.17, 15) is 8.42 Å². The largest absolute Gasteiger partial charge is 0.497 e. The minimum absolute atomic E-state index is 0.352. The summed E-state index contributed by atoms with van der Waals surface area (Å²) in [7, 11) is -1.95. The minimum Gasteiger partial charge on any atom is -0.497 e. The van der Waals surface area contributed by atoms with Crippen molar-refractivity contribution in [2.75, 3.05) is 31.6 Å². The molecule has 5 nitrogen and oxygen atoms in total. The van der Waals surface area contributed by atoms with Crippen molar-refractivity contribution in [3.63, 3.8) is 0 Å². The maximum atomic E-state index is 12.7. The van der Waals surface area contributed by atoms with E-state index in [0.29, 0.717) is 28.3 Å². The maximum absolute atomic E-state index is 12.7. The van der Waals surface area contributed by atoms with Crippen molar-refractivity contribution in [1.29, 1.82) is 0 Å². The Bertz CT molecular complexity index is 871. The van der Waals surface area contributed by atoms with Gasteiger partial charge in [-0.15, -0.1) is 0 Å². The number of nitrogens with one attached hydrogen (secondary N) is 1. The monoisotopic (exact) mass is 374 g/mol. The van der Waals surface area contributed by atoms with Crippen molar-refractivity contribution >= 4 is 15.7 Å². The van der Waals surface area contributed by atoms with Gasteiger partial charge in [0.15, 0.2) is 0 Å². The summed E-state index contributed by atoms with van der Waals surface area (Å²) < 4.78 is 33.4. The number of methoxy groups -OCH3 is 1. The van der Waals surface area contributed by atoms with Crippen LogP contribution in [-0.4, -0.2) is 35.2 Å². The molecule has 2 aromatic rings. The molecule has 0 atom stereocenters. The van der Waals surface area contributed by atoms with Gasteiger partial charge in [0.1, 0.15) is 5.75 Å². The molecule has 140 valence electrons. The molecular weight excluding hydrogens is 348 g/mol. The number of hydrogen-bond acceptors (Lipinski definition) is 4. The summed E-state index contributed by atoms with van der Waals surface area (Å²) in [6.07, 6.45) is 1.83. The van der Waals surface area contributed by atoms with Crippen molar-refractivity contribution in [1.82, 2.24) is 4.72 Å². The van der Waals surface area contributed by atoms with Crippen LogP contribution in [-0.2, 0) is 16.4 Å². The molecule has 3 rings (SSSR count). The van der Waals surface area contributed by atoms with E-state index in [1.807, 2.05) is 0 Å². The first-order valence-corrected chi connectivity index (χ1v) is 10.4. The maximum Gasteiger partial charge on any atom is 0.241 e. The van der Waals surface area contributed by atoms with Crippen LogP contribution in [0.4, 0.5) is 5.69 Å².